The van der Waals surface area contributed by atoms with Gasteiger partial charge in [-0.25, -0.2) is 15.0 Å². The van der Waals surface area contributed by atoms with Crippen molar-refractivity contribution in [2.75, 3.05) is 7.05 Å². The molecule has 1 spiro atoms. The van der Waals surface area contributed by atoms with Gasteiger partial charge in [-0.3, -0.25) is 9.36 Å². The lowest BCUT2D eigenvalue weighted by atomic mass is 9.45. The van der Waals surface area contributed by atoms with Gasteiger partial charge in [0.05, 0.1) is 22.8 Å². The van der Waals surface area contributed by atoms with E-state index in [9.17, 15) is 4.79 Å². The van der Waals surface area contributed by atoms with Gasteiger partial charge in [0.2, 0.25) is 0 Å². The van der Waals surface area contributed by atoms with Crippen LogP contribution in [0, 0.1) is 17.8 Å². The van der Waals surface area contributed by atoms with Crippen molar-refractivity contribution in [1.82, 2.24) is 24.8 Å². The number of para-hydroxylation sites is 1. The van der Waals surface area contributed by atoms with E-state index in [4.69, 9.17) is 21.4 Å². The molecule has 2 aromatic heterocycles. The standard InChI is InChI=1S/C32H33N5O.C2H6/c1-5-21-9-7-10-23(18-38)28(21)37-27-15-22(11-12-26(27)36-29(37)25(6-2)33-4)24-16-34-30(35-17-24)31(3)19-32(20-31)13-8-14-32;1-2/h1,7,9-12,15-18,25,33H,6,8,13-14,19-20H2,2-4H3;1-2H3. The fraction of sp³-hybridized carbons (Fsp3) is 0.412. The van der Waals surface area contributed by atoms with Crippen LogP contribution in [-0.4, -0.2) is 32.9 Å². The molecule has 6 rings (SSSR count). The van der Waals surface area contributed by atoms with Crippen LogP contribution in [0.5, 0.6) is 0 Å². The van der Waals surface area contributed by atoms with Crippen molar-refractivity contribution in [2.45, 2.75) is 77.7 Å². The zero-order valence-corrected chi connectivity index (χ0v) is 24.3. The zero-order chi connectivity index (χ0) is 28.5. The van der Waals surface area contributed by atoms with E-state index in [1.165, 1.54) is 32.1 Å². The molecule has 0 amide bonds. The first-order chi connectivity index (χ1) is 19.4. The Bertz CT molecular complexity index is 1560. The number of imidazole rings is 1. The lowest BCUT2D eigenvalue weighted by molar-refractivity contribution is -0.0440. The maximum Gasteiger partial charge on any atom is 0.152 e. The summed E-state index contributed by atoms with van der Waals surface area (Å²) in [7, 11) is 1.92. The summed E-state index contributed by atoms with van der Waals surface area (Å²) in [6.07, 6.45) is 18.0. The molecule has 6 heteroatoms. The number of fused-ring (bicyclic) bond motifs is 1. The molecule has 0 radical (unpaired) electrons. The molecule has 1 N–H and O–H groups in total. The van der Waals surface area contributed by atoms with Gasteiger partial charge in [0.1, 0.15) is 11.6 Å². The van der Waals surface area contributed by atoms with Crippen LogP contribution in [0.25, 0.3) is 27.8 Å². The minimum atomic E-state index is -0.0130. The van der Waals surface area contributed by atoms with Crippen molar-refractivity contribution in [2.24, 2.45) is 5.41 Å². The van der Waals surface area contributed by atoms with Gasteiger partial charge in [-0.1, -0.05) is 52.2 Å². The van der Waals surface area contributed by atoms with Gasteiger partial charge < -0.3 is 5.32 Å². The first-order valence-corrected chi connectivity index (χ1v) is 14.5. The van der Waals surface area contributed by atoms with E-state index >= 15 is 0 Å². The normalized spacial score (nSPS) is 17.2. The van der Waals surface area contributed by atoms with Crippen LogP contribution in [-0.2, 0) is 5.41 Å². The number of hydrogen-bond acceptors (Lipinski definition) is 5. The molecule has 0 saturated heterocycles. The Labute approximate surface area is 237 Å². The first-order valence-electron chi connectivity index (χ1n) is 14.5. The van der Waals surface area contributed by atoms with Gasteiger partial charge in [-0.15, -0.1) is 6.42 Å². The quantitative estimate of drug-likeness (QED) is 0.201. The van der Waals surface area contributed by atoms with Crippen LogP contribution < -0.4 is 5.32 Å². The van der Waals surface area contributed by atoms with E-state index < -0.39 is 0 Å². The number of carbonyl (C=O) groups is 1. The van der Waals surface area contributed by atoms with E-state index in [-0.39, 0.29) is 11.5 Å². The third-order valence-electron chi connectivity index (χ3n) is 8.79. The summed E-state index contributed by atoms with van der Waals surface area (Å²) in [4.78, 5) is 26.8. The second kappa shape index (κ2) is 11.0. The molecule has 40 heavy (non-hydrogen) atoms. The Morgan fingerprint density at radius 2 is 1.85 bits per heavy atom. The Morgan fingerprint density at radius 1 is 1.12 bits per heavy atom. The van der Waals surface area contributed by atoms with E-state index in [0.717, 1.165) is 46.5 Å². The van der Waals surface area contributed by atoms with Gasteiger partial charge in [-0.2, -0.15) is 0 Å². The maximum absolute atomic E-state index is 12.1. The highest BCUT2D eigenvalue weighted by Crippen LogP contribution is 2.64. The van der Waals surface area contributed by atoms with Gasteiger partial charge in [0.15, 0.2) is 6.29 Å². The molecule has 0 bridgehead atoms. The predicted molar refractivity (Wildman–Crippen MR) is 162 cm³/mol. The fourth-order valence-electron chi connectivity index (χ4n) is 6.86. The van der Waals surface area contributed by atoms with Crippen molar-refractivity contribution >= 4 is 17.3 Å². The third kappa shape index (κ3) is 4.53. The van der Waals surface area contributed by atoms with Crippen LogP contribution in [0.4, 0.5) is 0 Å². The third-order valence-corrected chi connectivity index (χ3v) is 8.79. The van der Waals surface area contributed by atoms with Crippen LogP contribution in [0.2, 0.25) is 0 Å². The van der Waals surface area contributed by atoms with Crippen LogP contribution in [0.15, 0.2) is 48.8 Å². The number of benzene rings is 2. The number of nitrogens with one attached hydrogen (secondary N) is 1. The van der Waals surface area contributed by atoms with Crippen molar-refractivity contribution < 1.29 is 4.79 Å². The highest BCUT2D eigenvalue weighted by molar-refractivity contribution is 5.89. The molecule has 2 aliphatic rings. The van der Waals surface area contributed by atoms with E-state index in [1.807, 2.05) is 56.1 Å². The maximum atomic E-state index is 12.1. The summed E-state index contributed by atoms with van der Waals surface area (Å²) >= 11 is 0. The number of terminal acetylenes is 1. The smallest absolute Gasteiger partial charge is 0.152 e. The molecular formula is C34H39N5O. The predicted octanol–water partition coefficient (Wildman–Crippen LogP) is 7.19. The monoisotopic (exact) mass is 533 g/mol. The molecule has 2 saturated carbocycles. The zero-order valence-electron chi connectivity index (χ0n) is 24.3. The van der Waals surface area contributed by atoms with Crippen molar-refractivity contribution in [3.05, 3.63) is 71.6 Å². The van der Waals surface area contributed by atoms with E-state index in [1.54, 1.807) is 6.07 Å². The van der Waals surface area contributed by atoms with Crippen LogP contribution >= 0.6 is 0 Å². The molecule has 6 nitrogen and oxygen atoms in total. The number of aldehydes is 1. The molecule has 0 aliphatic heterocycles. The minimum absolute atomic E-state index is 0.0130. The van der Waals surface area contributed by atoms with Gasteiger partial charge >= 0.3 is 0 Å². The Kier molecular flexibility index (Phi) is 7.61. The van der Waals surface area contributed by atoms with E-state index in [0.29, 0.717) is 22.2 Å². The lowest BCUT2D eigenvalue weighted by Crippen LogP contribution is -2.52. The summed E-state index contributed by atoms with van der Waals surface area (Å²) in [5, 5.41) is 3.36. The van der Waals surface area contributed by atoms with Crippen molar-refractivity contribution in [3.8, 4) is 29.2 Å². The Balaban J connectivity index is 0.00000158. The number of carbonyl (C=O) groups excluding carboxylic acids is 1. The summed E-state index contributed by atoms with van der Waals surface area (Å²) in [6, 6.07) is 11.6. The van der Waals surface area contributed by atoms with Gasteiger partial charge in [-0.05, 0) is 74.4 Å². The highest BCUT2D eigenvalue weighted by atomic mass is 16.1. The summed E-state index contributed by atoms with van der Waals surface area (Å²) < 4.78 is 2.05. The molecule has 4 aromatic rings. The fourth-order valence-corrected chi connectivity index (χ4v) is 6.86. The average molecular weight is 534 g/mol. The van der Waals surface area contributed by atoms with Crippen LogP contribution in [0.3, 0.4) is 0 Å². The largest absolute Gasteiger partial charge is 0.310 e. The molecule has 2 aromatic carbocycles. The lowest BCUT2D eigenvalue weighted by Gasteiger charge is -2.59. The second-order valence-corrected chi connectivity index (χ2v) is 11.3. The van der Waals surface area contributed by atoms with E-state index in [2.05, 4.69) is 37.2 Å². The molecule has 2 aliphatic carbocycles. The topological polar surface area (TPSA) is 72.7 Å². The summed E-state index contributed by atoms with van der Waals surface area (Å²) in [5.74, 6) is 4.54. The van der Waals surface area contributed by atoms with Crippen molar-refractivity contribution in [1.29, 1.82) is 0 Å². The Morgan fingerprint density at radius 3 is 2.42 bits per heavy atom. The summed E-state index contributed by atoms with van der Waals surface area (Å²) in [5.41, 5.74) is 6.19. The van der Waals surface area contributed by atoms with Gasteiger partial charge in [0.25, 0.3) is 0 Å². The number of nitrogens with zero attached hydrogens (tertiary/aromatic N) is 4. The summed E-state index contributed by atoms with van der Waals surface area (Å²) in [6.45, 7) is 8.41. The molecular weight excluding hydrogens is 494 g/mol. The highest BCUT2D eigenvalue weighted by Gasteiger charge is 2.56. The van der Waals surface area contributed by atoms with Crippen LogP contribution in [0.1, 0.15) is 99.8 Å². The minimum Gasteiger partial charge on any atom is -0.310 e. The Hall–Kier alpha value is -3.82. The molecule has 1 unspecified atom stereocenters. The van der Waals surface area contributed by atoms with Crippen molar-refractivity contribution in [3.63, 3.8) is 0 Å². The average Bonchev–Trinajstić information content (AvgIpc) is 3.33. The first kappa shape index (κ1) is 27.7. The molecule has 2 heterocycles. The number of rotatable bonds is 7. The molecule has 1 atom stereocenters. The van der Waals surface area contributed by atoms with Gasteiger partial charge in [0, 0.05) is 34.5 Å². The molecule has 206 valence electrons. The number of aromatic nitrogens is 4. The number of hydrogen-bond donors (Lipinski definition) is 1. The molecule has 2 fully saturated rings. The SMILES string of the molecule is C#Cc1cccc(C=O)c1-n1c(C(CC)NC)nc2ccc(-c3cnc(C4(C)CC5(CCC5)C4)nc3)cc21.CC. The second-order valence-electron chi connectivity index (χ2n) is 11.3.